The number of piperazine rings is 1. The van der Waals surface area contributed by atoms with Crippen LogP contribution in [0.25, 0.3) is 0 Å². The molecule has 0 unspecified atom stereocenters. The standard InChI is InChI=1S/C26H26ClN7O3/c1-3-24(37)29-19-5-4-6-20(14-19)30-25-22(27)15-28-26(32-25)31-23-8-7-21(13-18(23)16-35)34-11-9-33(10-12-34)17(2)36/h3-8,13-16H,1,9-12H2,2H3,(H,29,37)(H2,28,30,31,32). The van der Waals surface area contributed by atoms with Gasteiger partial charge in [-0.3, -0.25) is 14.4 Å². The molecule has 10 nitrogen and oxygen atoms in total. The van der Waals surface area contributed by atoms with Gasteiger partial charge in [0.15, 0.2) is 12.1 Å². The summed E-state index contributed by atoms with van der Waals surface area (Å²) < 4.78 is 0. The Morgan fingerprint density at radius 3 is 2.51 bits per heavy atom. The molecule has 2 amide bonds. The number of amides is 2. The van der Waals surface area contributed by atoms with Crippen molar-refractivity contribution in [3.05, 3.63) is 71.9 Å². The van der Waals surface area contributed by atoms with Crippen molar-refractivity contribution in [2.24, 2.45) is 0 Å². The average Bonchev–Trinajstić information content (AvgIpc) is 2.91. The normalized spacial score (nSPS) is 13.0. The number of rotatable bonds is 8. The molecule has 0 bridgehead atoms. The number of nitrogens with one attached hydrogen (secondary N) is 3. The van der Waals surface area contributed by atoms with Crippen LogP contribution in [0.1, 0.15) is 17.3 Å². The molecule has 190 valence electrons. The Morgan fingerprint density at radius 1 is 1.05 bits per heavy atom. The number of anilines is 6. The smallest absolute Gasteiger partial charge is 0.247 e. The molecular formula is C26H26ClN7O3. The van der Waals surface area contributed by atoms with Gasteiger partial charge in [0, 0.05) is 55.7 Å². The summed E-state index contributed by atoms with van der Waals surface area (Å²) in [6.45, 7) is 7.69. The van der Waals surface area contributed by atoms with Crippen LogP contribution in [-0.2, 0) is 9.59 Å². The molecule has 1 aliphatic rings. The van der Waals surface area contributed by atoms with E-state index in [4.69, 9.17) is 11.6 Å². The molecule has 2 aromatic carbocycles. The first-order valence-electron chi connectivity index (χ1n) is 11.6. The number of hydrogen-bond donors (Lipinski definition) is 3. The molecule has 1 saturated heterocycles. The molecule has 0 atom stereocenters. The predicted octanol–water partition coefficient (Wildman–Crippen LogP) is 4.22. The second kappa shape index (κ2) is 11.5. The lowest BCUT2D eigenvalue weighted by Crippen LogP contribution is -2.48. The van der Waals surface area contributed by atoms with Gasteiger partial charge in [0.1, 0.15) is 5.02 Å². The van der Waals surface area contributed by atoms with Gasteiger partial charge in [0.25, 0.3) is 0 Å². The Morgan fingerprint density at radius 2 is 1.81 bits per heavy atom. The topological polar surface area (TPSA) is 120 Å². The van der Waals surface area contributed by atoms with E-state index in [0.717, 1.165) is 12.0 Å². The molecule has 2 heterocycles. The van der Waals surface area contributed by atoms with Gasteiger partial charge >= 0.3 is 0 Å². The van der Waals surface area contributed by atoms with Gasteiger partial charge in [0.2, 0.25) is 17.8 Å². The molecule has 0 radical (unpaired) electrons. The van der Waals surface area contributed by atoms with Crippen LogP contribution in [0.2, 0.25) is 5.02 Å². The lowest BCUT2D eigenvalue weighted by atomic mass is 10.1. The maximum atomic E-state index is 11.9. The Bertz CT molecular complexity index is 1340. The van der Waals surface area contributed by atoms with E-state index >= 15 is 0 Å². The summed E-state index contributed by atoms with van der Waals surface area (Å²) in [4.78, 5) is 47.7. The second-order valence-electron chi connectivity index (χ2n) is 8.30. The Hall–Kier alpha value is -4.44. The first-order chi connectivity index (χ1) is 17.9. The number of benzene rings is 2. The van der Waals surface area contributed by atoms with Crippen molar-refractivity contribution >= 4 is 64.2 Å². The van der Waals surface area contributed by atoms with Crippen molar-refractivity contribution in [1.82, 2.24) is 14.9 Å². The van der Waals surface area contributed by atoms with Crippen LogP contribution in [0, 0.1) is 0 Å². The molecule has 1 fully saturated rings. The zero-order valence-corrected chi connectivity index (χ0v) is 21.0. The van der Waals surface area contributed by atoms with E-state index in [9.17, 15) is 14.4 Å². The highest BCUT2D eigenvalue weighted by Crippen LogP contribution is 2.28. The number of hydrogen-bond acceptors (Lipinski definition) is 8. The molecule has 37 heavy (non-hydrogen) atoms. The number of carbonyl (C=O) groups excluding carboxylic acids is 3. The van der Waals surface area contributed by atoms with Gasteiger partial charge in [-0.1, -0.05) is 24.2 Å². The van der Waals surface area contributed by atoms with Crippen LogP contribution in [0.15, 0.2) is 61.3 Å². The fraction of sp³-hybridized carbons (Fsp3) is 0.192. The maximum absolute atomic E-state index is 11.9. The van der Waals surface area contributed by atoms with Crippen LogP contribution in [-0.4, -0.2) is 59.1 Å². The zero-order valence-electron chi connectivity index (χ0n) is 20.2. The fourth-order valence-electron chi connectivity index (χ4n) is 3.88. The number of halogens is 1. The van der Waals surface area contributed by atoms with Crippen LogP contribution in [0.5, 0.6) is 0 Å². The van der Waals surface area contributed by atoms with Crippen molar-refractivity contribution < 1.29 is 14.4 Å². The lowest BCUT2D eigenvalue weighted by molar-refractivity contribution is -0.129. The minimum absolute atomic E-state index is 0.0665. The number of nitrogens with zero attached hydrogens (tertiary/aromatic N) is 4. The van der Waals surface area contributed by atoms with Crippen LogP contribution >= 0.6 is 11.6 Å². The molecule has 0 saturated carbocycles. The van der Waals surface area contributed by atoms with Crippen molar-refractivity contribution in [2.45, 2.75) is 6.92 Å². The molecule has 3 aromatic rings. The Labute approximate surface area is 219 Å². The van der Waals surface area contributed by atoms with E-state index in [-0.39, 0.29) is 17.8 Å². The summed E-state index contributed by atoms with van der Waals surface area (Å²) in [5.74, 6) is 0.337. The van der Waals surface area contributed by atoms with Crippen LogP contribution in [0.4, 0.5) is 34.5 Å². The van der Waals surface area contributed by atoms with Gasteiger partial charge < -0.3 is 25.8 Å². The van der Waals surface area contributed by atoms with E-state index in [1.54, 1.807) is 43.3 Å². The summed E-state index contributed by atoms with van der Waals surface area (Å²) in [7, 11) is 0. The summed E-state index contributed by atoms with van der Waals surface area (Å²) in [6, 6.07) is 12.6. The highest BCUT2D eigenvalue weighted by molar-refractivity contribution is 6.32. The van der Waals surface area contributed by atoms with Gasteiger partial charge in [-0.2, -0.15) is 4.98 Å². The number of aldehydes is 1. The number of aromatic nitrogens is 2. The quantitative estimate of drug-likeness (QED) is 0.299. The average molecular weight is 520 g/mol. The molecule has 1 aliphatic heterocycles. The SMILES string of the molecule is C=CC(=O)Nc1cccc(Nc2nc(Nc3ccc(N4CCN(C(C)=O)CC4)cc3C=O)ncc2Cl)c1. The van der Waals surface area contributed by atoms with E-state index in [1.807, 2.05) is 11.0 Å². The van der Waals surface area contributed by atoms with Crippen molar-refractivity contribution in [1.29, 1.82) is 0 Å². The van der Waals surface area contributed by atoms with Crippen molar-refractivity contribution in [2.75, 3.05) is 47.0 Å². The van der Waals surface area contributed by atoms with Gasteiger partial charge in [-0.05, 0) is 42.5 Å². The van der Waals surface area contributed by atoms with Crippen LogP contribution in [0.3, 0.4) is 0 Å². The minimum Gasteiger partial charge on any atom is -0.368 e. The monoisotopic (exact) mass is 519 g/mol. The lowest BCUT2D eigenvalue weighted by Gasteiger charge is -2.35. The summed E-state index contributed by atoms with van der Waals surface area (Å²) in [6.07, 6.45) is 3.41. The molecule has 1 aromatic heterocycles. The second-order valence-corrected chi connectivity index (χ2v) is 8.70. The van der Waals surface area contributed by atoms with Gasteiger partial charge in [-0.15, -0.1) is 0 Å². The van der Waals surface area contributed by atoms with E-state index < -0.39 is 0 Å². The minimum atomic E-state index is -0.320. The van der Waals surface area contributed by atoms with E-state index in [2.05, 4.69) is 37.4 Å². The third-order valence-corrected chi connectivity index (χ3v) is 6.10. The Balaban J connectivity index is 1.49. The van der Waals surface area contributed by atoms with Crippen molar-refractivity contribution in [3.8, 4) is 0 Å². The maximum Gasteiger partial charge on any atom is 0.247 e. The molecule has 3 N–H and O–H groups in total. The summed E-state index contributed by atoms with van der Waals surface area (Å²) >= 11 is 6.31. The molecule has 0 aliphatic carbocycles. The molecule has 4 rings (SSSR count). The third-order valence-electron chi connectivity index (χ3n) is 5.82. The number of carbonyl (C=O) groups is 3. The summed E-state index contributed by atoms with van der Waals surface area (Å²) in [5.41, 5.74) is 3.13. The largest absolute Gasteiger partial charge is 0.368 e. The van der Waals surface area contributed by atoms with E-state index in [1.165, 1.54) is 12.3 Å². The highest BCUT2D eigenvalue weighted by Gasteiger charge is 2.19. The fourth-order valence-corrected chi connectivity index (χ4v) is 4.02. The van der Waals surface area contributed by atoms with Gasteiger partial charge in [0.05, 0.1) is 11.9 Å². The Kier molecular flexibility index (Phi) is 7.99. The third kappa shape index (κ3) is 6.42. The first-order valence-corrected chi connectivity index (χ1v) is 11.9. The predicted molar refractivity (Wildman–Crippen MR) is 145 cm³/mol. The highest BCUT2D eigenvalue weighted by atomic mass is 35.5. The molecule has 11 heteroatoms. The zero-order chi connectivity index (χ0) is 26.4. The first kappa shape index (κ1) is 25.6. The van der Waals surface area contributed by atoms with Crippen LogP contribution < -0.4 is 20.9 Å². The molecule has 0 spiro atoms. The van der Waals surface area contributed by atoms with E-state index in [0.29, 0.717) is 59.6 Å². The van der Waals surface area contributed by atoms with Gasteiger partial charge in [-0.25, -0.2) is 4.98 Å². The molecular weight excluding hydrogens is 494 g/mol. The van der Waals surface area contributed by atoms with Crippen molar-refractivity contribution in [3.63, 3.8) is 0 Å². The summed E-state index contributed by atoms with van der Waals surface area (Å²) in [5, 5.41) is 9.19.